The van der Waals surface area contributed by atoms with Crippen LogP contribution in [0.5, 0.6) is 0 Å². The molecule has 0 spiro atoms. The van der Waals surface area contributed by atoms with Crippen LogP contribution < -0.4 is 11.1 Å². The molecule has 0 aromatic carbocycles. The maximum Gasteiger partial charge on any atom is 0.223 e. The van der Waals surface area contributed by atoms with Gasteiger partial charge in [0, 0.05) is 24.9 Å². The van der Waals surface area contributed by atoms with Crippen LogP contribution in [-0.2, 0) is 11.3 Å². The zero-order valence-electron chi connectivity index (χ0n) is 10.1. The summed E-state index contributed by atoms with van der Waals surface area (Å²) in [5, 5.41) is 3.00. The molecule has 1 aromatic heterocycles. The van der Waals surface area contributed by atoms with Gasteiger partial charge >= 0.3 is 0 Å². The number of rotatable bonds is 4. The number of H-pyrrole nitrogens is 1. The molecule has 1 aliphatic rings. The van der Waals surface area contributed by atoms with E-state index in [1.165, 1.54) is 6.42 Å². The molecule has 0 bridgehead atoms. The second kappa shape index (κ2) is 5.87. The van der Waals surface area contributed by atoms with Gasteiger partial charge in [0.2, 0.25) is 5.91 Å². The summed E-state index contributed by atoms with van der Waals surface area (Å²) in [5.74, 6) is 0.656. The molecule has 17 heavy (non-hydrogen) atoms. The van der Waals surface area contributed by atoms with Gasteiger partial charge in [0.1, 0.15) is 0 Å². The number of aromatic nitrogens is 1. The van der Waals surface area contributed by atoms with E-state index in [4.69, 9.17) is 5.73 Å². The molecule has 0 aliphatic heterocycles. The summed E-state index contributed by atoms with van der Waals surface area (Å²) in [5.41, 5.74) is 6.85. The van der Waals surface area contributed by atoms with Gasteiger partial charge in [0.25, 0.3) is 0 Å². The highest BCUT2D eigenvalue weighted by atomic mass is 16.1. The summed E-state index contributed by atoms with van der Waals surface area (Å²) in [7, 11) is 0. The van der Waals surface area contributed by atoms with Gasteiger partial charge in [-0.1, -0.05) is 12.8 Å². The first-order valence-electron chi connectivity index (χ1n) is 6.40. The Kier molecular flexibility index (Phi) is 4.20. The second-order valence-corrected chi connectivity index (χ2v) is 4.82. The molecule has 4 heteroatoms. The standard InChI is InChI=1S/C13H21N3O/c14-7-11-3-1-2-4-12(11)13(17)16-9-10-5-6-15-8-10/h5-6,8,11-12,15H,1-4,7,9,14H2,(H,16,17). The number of nitrogens with two attached hydrogens (primary N) is 1. The number of carbonyl (C=O) groups is 1. The molecule has 94 valence electrons. The molecule has 0 radical (unpaired) electrons. The van der Waals surface area contributed by atoms with E-state index in [2.05, 4.69) is 10.3 Å². The zero-order valence-corrected chi connectivity index (χ0v) is 10.1. The van der Waals surface area contributed by atoms with Gasteiger partial charge < -0.3 is 16.0 Å². The minimum atomic E-state index is 0.118. The minimum absolute atomic E-state index is 0.118. The fraction of sp³-hybridized carbons (Fsp3) is 0.615. The van der Waals surface area contributed by atoms with Crippen LogP contribution in [0, 0.1) is 11.8 Å². The third-order valence-corrected chi connectivity index (χ3v) is 3.68. The monoisotopic (exact) mass is 235 g/mol. The maximum absolute atomic E-state index is 12.1. The van der Waals surface area contributed by atoms with Crippen molar-refractivity contribution in [2.75, 3.05) is 6.54 Å². The molecular formula is C13H21N3O. The maximum atomic E-state index is 12.1. The number of hydrogen-bond acceptors (Lipinski definition) is 2. The molecule has 4 nitrogen and oxygen atoms in total. The predicted octanol–water partition coefficient (Wildman–Crippen LogP) is 1.40. The van der Waals surface area contributed by atoms with E-state index in [0.29, 0.717) is 19.0 Å². The number of carbonyl (C=O) groups excluding carboxylic acids is 1. The zero-order chi connectivity index (χ0) is 12.1. The Labute approximate surface area is 102 Å². The molecule has 2 atom stereocenters. The van der Waals surface area contributed by atoms with E-state index < -0.39 is 0 Å². The van der Waals surface area contributed by atoms with E-state index in [1.54, 1.807) is 0 Å². The number of amides is 1. The Morgan fingerprint density at radius 3 is 3.00 bits per heavy atom. The van der Waals surface area contributed by atoms with Gasteiger partial charge in [-0.25, -0.2) is 0 Å². The fourth-order valence-electron chi connectivity index (χ4n) is 2.62. The Morgan fingerprint density at radius 2 is 2.29 bits per heavy atom. The summed E-state index contributed by atoms with van der Waals surface area (Å²) in [6.07, 6.45) is 8.22. The van der Waals surface area contributed by atoms with Crippen molar-refractivity contribution < 1.29 is 4.79 Å². The summed E-state index contributed by atoms with van der Waals surface area (Å²) in [6, 6.07) is 1.97. The second-order valence-electron chi connectivity index (χ2n) is 4.82. The van der Waals surface area contributed by atoms with E-state index in [9.17, 15) is 4.79 Å². The normalized spacial score (nSPS) is 24.5. The van der Waals surface area contributed by atoms with Crippen molar-refractivity contribution in [1.29, 1.82) is 0 Å². The largest absolute Gasteiger partial charge is 0.367 e. The molecular weight excluding hydrogens is 214 g/mol. The third-order valence-electron chi connectivity index (χ3n) is 3.68. The molecule has 1 amide bonds. The molecule has 2 rings (SSSR count). The highest BCUT2D eigenvalue weighted by Gasteiger charge is 2.29. The highest BCUT2D eigenvalue weighted by Crippen LogP contribution is 2.29. The first-order chi connectivity index (χ1) is 8.31. The van der Waals surface area contributed by atoms with Crippen molar-refractivity contribution in [2.45, 2.75) is 32.2 Å². The van der Waals surface area contributed by atoms with Crippen LogP contribution in [0.1, 0.15) is 31.2 Å². The molecule has 1 aliphatic carbocycles. The summed E-state index contributed by atoms with van der Waals surface area (Å²) in [4.78, 5) is 15.1. The lowest BCUT2D eigenvalue weighted by Gasteiger charge is -2.29. The Balaban J connectivity index is 1.85. The van der Waals surface area contributed by atoms with Crippen molar-refractivity contribution in [3.8, 4) is 0 Å². The molecule has 1 heterocycles. The quantitative estimate of drug-likeness (QED) is 0.738. The Morgan fingerprint density at radius 1 is 1.47 bits per heavy atom. The van der Waals surface area contributed by atoms with Gasteiger partial charge in [-0.15, -0.1) is 0 Å². The topological polar surface area (TPSA) is 70.9 Å². The number of hydrogen-bond donors (Lipinski definition) is 3. The van der Waals surface area contributed by atoms with Crippen molar-refractivity contribution >= 4 is 5.91 Å². The fourth-order valence-corrected chi connectivity index (χ4v) is 2.62. The lowest BCUT2D eigenvalue weighted by Crippen LogP contribution is -2.39. The van der Waals surface area contributed by atoms with E-state index >= 15 is 0 Å². The van der Waals surface area contributed by atoms with E-state index in [0.717, 1.165) is 24.8 Å². The van der Waals surface area contributed by atoms with Crippen molar-refractivity contribution in [2.24, 2.45) is 17.6 Å². The van der Waals surface area contributed by atoms with Gasteiger partial charge in [0.05, 0.1) is 0 Å². The van der Waals surface area contributed by atoms with Crippen LogP contribution in [0.3, 0.4) is 0 Å². The van der Waals surface area contributed by atoms with Gasteiger partial charge in [0.15, 0.2) is 0 Å². The summed E-state index contributed by atoms with van der Waals surface area (Å²) >= 11 is 0. The van der Waals surface area contributed by atoms with Crippen LogP contribution in [-0.4, -0.2) is 17.4 Å². The van der Waals surface area contributed by atoms with Crippen LogP contribution >= 0.6 is 0 Å². The first kappa shape index (κ1) is 12.2. The lowest BCUT2D eigenvalue weighted by molar-refractivity contribution is -0.127. The average molecular weight is 235 g/mol. The van der Waals surface area contributed by atoms with Crippen LogP contribution in [0.2, 0.25) is 0 Å². The summed E-state index contributed by atoms with van der Waals surface area (Å²) < 4.78 is 0. The average Bonchev–Trinajstić information content (AvgIpc) is 2.89. The molecule has 1 fully saturated rings. The van der Waals surface area contributed by atoms with Gasteiger partial charge in [-0.05, 0) is 36.9 Å². The molecule has 0 saturated heterocycles. The van der Waals surface area contributed by atoms with Crippen LogP contribution in [0.25, 0.3) is 0 Å². The number of aromatic amines is 1. The first-order valence-corrected chi connectivity index (χ1v) is 6.40. The Hall–Kier alpha value is -1.29. The summed E-state index contributed by atoms with van der Waals surface area (Å²) in [6.45, 7) is 1.23. The SMILES string of the molecule is NCC1CCCCC1C(=O)NCc1cc[nH]c1. The lowest BCUT2D eigenvalue weighted by atomic mass is 9.79. The predicted molar refractivity (Wildman–Crippen MR) is 67.1 cm³/mol. The Bertz CT molecular complexity index is 348. The minimum Gasteiger partial charge on any atom is -0.367 e. The van der Waals surface area contributed by atoms with Crippen molar-refractivity contribution in [3.63, 3.8) is 0 Å². The highest BCUT2D eigenvalue weighted by molar-refractivity contribution is 5.79. The molecule has 4 N–H and O–H groups in total. The van der Waals surface area contributed by atoms with Crippen molar-refractivity contribution in [3.05, 3.63) is 24.0 Å². The molecule has 2 unspecified atom stereocenters. The van der Waals surface area contributed by atoms with Gasteiger partial charge in [-0.3, -0.25) is 4.79 Å². The molecule has 1 aromatic rings. The number of nitrogens with one attached hydrogen (secondary N) is 2. The van der Waals surface area contributed by atoms with E-state index in [-0.39, 0.29) is 11.8 Å². The van der Waals surface area contributed by atoms with Gasteiger partial charge in [-0.2, -0.15) is 0 Å². The van der Waals surface area contributed by atoms with Crippen LogP contribution in [0.4, 0.5) is 0 Å². The molecule has 1 saturated carbocycles. The van der Waals surface area contributed by atoms with Crippen molar-refractivity contribution in [1.82, 2.24) is 10.3 Å². The van der Waals surface area contributed by atoms with E-state index in [1.807, 2.05) is 18.5 Å². The van der Waals surface area contributed by atoms with Crippen LogP contribution in [0.15, 0.2) is 18.5 Å². The smallest absolute Gasteiger partial charge is 0.223 e. The third kappa shape index (κ3) is 3.09.